The molecule has 82 valence electrons. The molecule has 1 heterocycles. The van der Waals surface area contributed by atoms with Crippen molar-refractivity contribution < 1.29 is 4.74 Å². The second-order valence-corrected chi connectivity index (χ2v) is 4.32. The van der Waals surface area contributed by atoms with E-state index in [4.69, 9.17) is 10.5 Å². The number of aromatic nitrogens is 2. The Morgan fingerprint density at radius 3 is 2.80 bits per heavy atom. The van der Waals surface area contributed by atoms with Crippen LogP contribution in [0.3, 0.4) is 0 Å². The van der Waals surface area contributed by atoms with Crippen molar-refractivity contribution in [1.29, 1.82) is 0 Å². The van der Waals surface area contributed by atoms with Gasteiger partial charge in [-0.15, -0.1) is 0 Å². The van der Waals surface area contributed by atoms with E-state index in [0.29, 0.717) is 5.88 Å². The van der Waals surface area contributed by atoms with E-state index in [2.05, 4.69) is 9.97 Å². The molecule has 15 heavy (non-hydrogen) atoms. The summed E-state index contributed by atoms with van der Waals surface area (Å²) in [5.41, 5.74) is 7.96. The maximum absolute atomic E-state index is 6.02. The molecule has 0 aromatic carbocycles. The number of rotatable bonds is 4. The Labute approximate surface area is 89.9 Å². The van der Waals surface area contributed by atoms with Gasteiger partial charge < -0.3 is 10.5 Å². The van der Waals surface area contributed by atoms with Gasteiger partial charge in [-0.1, -0.05) is 0 Å². The minimum Gasteiger partial charge on any atom is -0.480 e. The van der Waals surface area contributed by atoms with Gasteiger partial charge in [0.2, 0.25) is 5.88 Å². The molecule has 4 heteroatoms. The van der Waals surface area contributed by atoms with Crippen molar-refractivity contribution in [2.45, 2.75) is 38.1 Å². The highest BCUT2D eigenvalue weighted by molar-refractivity contribution is 5.18. The smallest absolute Gasteiger partial charge is 0.235 e. The summed E-state index contributed by atoms with van der Waals surface area (Å²) in [5, 5.41) is 0. The van der Waals surface area contributed by atoms with E-state index in [1.807, 2.05) is 6.92 Å². The first-order valence-corrected chi connectivity index (χ1v) is 5.28. The third kappa shape index (κ3) is 2.45. The molecule has 2 N–H and O–H groups in total. The maximum Gasteiger partial charge on any atom is 0.235 e. The van der Waals surface area contributed by atoms with Gasteiger partial charge in [-0.25, -0.2) is 4.98 Å². The van der Waals surface area contributed by atoms with Gasteiger partial charge in [0.05, 0.1) is 24.7 Å². The van der Waals surface area contributed by atoms with Gasteiger partial charge in [0.15, 0.2) is 0 Å². The van der Waals surface area contributed by atoms with Crippen molar-refractivity contribution in [3.63, 3.8) is 0 Å². The van der Waals surface area contributed by atoms with Crippen LogP contribution in [0.1, 0.15) is 30.7 Å². The molecule has 1 aliphatic carbocycles. The monoisotopic (exact) mass is 207 g/mol. The minimum atomic E-state index is 0.0928. The average molecular weight is 207 g/mol. The molecule has 0 bridgehead atoms. The van der Waals surface area contributed by atoms with Gasteiger partial charge in [-0.2, -0.15) is 0 Å². The van der Waals surface area contributed by atoms with Crippen molar-refractivity contribution >= 4 is 0 Å². The highest BCUT2D eigenvalue weighted by Gasteiger charge is 2.37. The lowest BCUT2D eigenvalue weighted by molar-refractivity contribution is 0.391. The van der Waals surface area contributed by atoms with Gasteiger partial charge >= 0.3 is 0 Å². The zero-order valence-corrected chi connectivity index (χ0v) is 9.29. The molecule has 2 rings (SSSR count). The molecule has 0 unspecified atom stereocenters. The van der Waals surface area contributed by atoms with E-state index < -0.39 is 0 Å². The van der Waals surface area contributed by atoms with Crippen molar-refractivity contribution in [1.82, 2.24) is 9.97 Å². The molecular formula is C11H17N3O. The van der Waals surface area contributed by atoms with Crippen LogP contribution >= 0.6 is 0 Å². The Hall–Kier alpha value is -1.16. The Balaban J connectivity index is 1.99. The molecule has 1 fully saturated rings. The van der Waals surface area contributed by atoms with Crippen LogP contribution in [0.25, 0.3) is 0 Å². The second kappa shape index (κ2) is 3.77. The molecular weight excluding hydrogens is 190 g/mol. The first-order chi connectivity index (χ1) is 7.13. The van der Waals surface area contributed by atoms with E-state index in [0.717, 1.165) is 37.1 Å². The van der Waals surface area contributed by atoms with Crippen LogP contribution in [0.2, 0.25) is 0 Å². The van der Waals surface area contributed by atoms with Gasteiger partial charge in [-0.05, 0) is 32.6 Å². The number of nitrogens with zero attached hydrogens (tertiary/aromatic N) is 2. The summed E-state index contributed by atoms with van der Waals surface area (Å²) in [6.45, 7) is 1.91. The fourth-order valence-electron chi connectivity index (χ4n) is 1.63. The summed E-state index contributed by atoms with van der Waals surface area (Å²) in [6, 6.07) is 0. The third-order valence-corrected chi connectivity index (χ3v) is 2.92. The van der Waals surface area contributed by atoms with Crippen LogP contribution in [-0.4, -0.2) is 22.6 Å². The molecule has 4 nitrogen and oxygen atoms in total. The molecule has 1 aromatic heterocycles. The lowest BCUT2D eigenvalue weighted by Gasteiger charge is -2.08. The molecule has 1 aliphatic rings. The zero-order valence-electron chi connectivity index (χ0n) is 9.29. The Bertz CT molecular complexity index is 361. The summed E-state index contributed by atoms with van der Waals surface area (Å²) < 4.78 is 5.06. The average Bonchev–Trinajstić information content (AvgIpc) is 2.95. The van der Waals surface area contributed by atoms with Gasteiger partial charge in [-0.3, -0.25) is 4.98 Å². The summed E-state index contributed by atoms with van der Waals surface area (Å²) in [5.74, 6) is 0.604. The normalized spacial score (nSPS) is 17.5. The first-order valence-electron chi connectivity index (χ1n) is 5.28. The second-order valence-electron chi connectivity index (χ2n) is 4.32. The van der Waals surface area contributed by atoms with Gasteiger partial charge in [0, 0.05) is 5.54 Å². The van der Waals surface area contributed by atoms with Crippen molar-refractivity contribution in [3.05, 3.63) is 17.6 Å². The largest absolute Gasteiger partial charge is 0.480 e. The van der Waals surface area contributed by atoms with E-state index >= 15 is 0 Å². The summed E-state index contributed by atoms with van der Waals surface area (Å²) >= 11 is 0. The number of hydrogen-bond acceptors (Lipinski definition) is 4. The van der Waals surface area contributed by atoms with E-state index in [9.17, 15) is 0 Å². The summed E-state index contributed by atoms with van der Waals surface area (Å²) in [6.07, 6.45) is 5.99. The third-order valence-electron chi connectivity index (χ3n) is 2.92. The topological polar surface area (TPSA) is 61.0 Å². The van der Waals surface area contributed by atoms with Gasteiger partial charge in [0.1, 0.15) is 0 Å². The van der Waals surface area contributed by atoms with Crippen molar-refractivity contribution in [3.8, 4) is 5.88 Å². The van der Waals surface area contributed by atoms with Crippen LogP contribution in [0.4, 0.5) is 0 Å². The Morgan fingerprint density at radius 2 is 2.27 bits per heavy atom. The van der Waals surface area contributed by atoms with E-state index in [1.165, 1.54) is 0 Å². The van der Waals surface area contributed by atoms with Crippen LogP contribution < -0.4 is 10.5 Å². The molecule has 0 aliphatic heterocycles. The molecule has 0 amide bonds. The quantitative estimate of drug-likeness (QED) is 0.806. The van der Waals surface area contributed by atoms with Crippen LogP contribution in [-0.2, 0) is 6.42 Å². The number of hydrogen-bond donors (Lipinski definition) is 1. The lowest BCUT2D eigenvalue weighted by Crippen LogP contribution is -2.22. The standard InChI is InChI=1S/C11H17N3O/c1-8-10(15-2)13-7-9(14-8)3-4-11(12)5-6-11/h7H,3-6,12H2,1-2H3. The Kier molecular flexibility index (Phi) is 2.61. The van der Waals surface area contributed by atoms with Crippen LogP contribution in [0.5, 0.6) is 5.88 Å². The fraction of sp³-hybridized carbons (Fsp3) is 0.636. The van der Waals surface area contributed by atoms with Crippen molar-refractivity contribution in [2.75, 3.05) is 7.11 Å². The molecule has 0 radical (unpaired) electrons. The highest BCUT2D eigenvalue weighted by Crippen LogP contribution is 2.36. The predicted octanol–water partition coefficient (Wildman–Crippen LogP) is 1.22. The van der Waals surface area contributed by atoms with Crippen molar-refractivity contribution in [2.24, 2.45) is 5.73 Å². The lowest BCUT2D eigenvalue weighted by atomic mass is 10.1. The first kappa shape index (κ1) is 10.4. The highest BCUT2D eigenvalue weighted by atomic mass is 16.5. The number of methoxy groups -OCH3 is 1. The summed E-state index contributed by atoms with van der Waals surface area (Å²) in [7, 11) is 1.61. The van der Waals surface area contributed by atoms with Gasteiger partial charge in [0.25, 0.3) is 0 Å². The fourth-order valence-corrected chi connectivity index (χ4v) is 1.63. The molecule has 1 saturated carbocycles. The van der Waals surface area contributed by atoms with Crippen LogP contribution in [0, 0.1) is 6.92 Å². The van der Waals surface area contributed by atoms with E-state index in [-0.39, 0.29) is 5.54 Å². The number of ether oxygens (including phenoxy) is 1. The molecule has 0 saturated heterocycles. The number of nitrogens with two attached hydrogens (primary N) is 1. The SMILES string of the molecule is COc1ncc(CCC2(N)CC2)nc1C. The predicted molar refractivity (Wildman–Crippen MR) is 57.8 cm³/mol. The maximum atomic E-state index is 6.02. The summed E-state index contributed by atoms with van der Waals surface area (Å²) in [4.78, 5) is 8.62. The Morgan fingerprint density at radius 1 is 1.53 bits per heavy atom. The minimum absolute atomic E-state index is 0.0928. The molecule has 1 aromatic rings. The number of aryl methyl sites for hydroxylation is 2. The van der Waals surface area contributed by atoms with Crippen LogP contribution in [0.15, 0.2) is 6.20 Å². The molecule has 0 spiro atoms. The van der Waals surface area contributed by atoms with E-state index in [1.54, 1.807) is 13.3 Å². The molecule has 0 atom stereocenters. The zero-order chi connectivity index (χ0) is 10.9.